The maximum atomic E-state index is 9.15. The van der Waals surface area contributed by atoms with Crippen LogP contribution in [0.15, 0.2) is 18.2 Å². The lowest BCUT2D eigenvalue weighted by Gasteiger charge is -2.35. The van der Waals surface area contributed by atoms with Gasteiger partial charge in [0.2, 0.25) is 0 Å². The summed E-state index contributed by atoms with van der Waals surface area (Å²) in [5, 5.41) is 9.35. The summed E-state index contributed by atoms with van der Waals surface area (Å²) in [5.41, 5.74) is 2.75. The van der Waals surface area contributed by atoms with Crippen LogP contribution in [0.3, 0.4) is 0 Å². The van der Waals surface area contributed by atoms with Crippen LogP contribution in [-0.4, -0.2) is 23.4 Å². The second kappa shape index (κ2) is 5.31. The highest BCUT2D eigenvalue weighted by Gasteiger charge is 2.37. The molecule has 0 amide bonds. The highest BCUT2D eigenvalue weighted by molar-refractivity contribution is 6.74. The Kier molecular flexibility index (Phi) is 4.04. The van der Waals surface area contributed by atoms with Crippen molar-refractivity contribution in [2.75, 3.05) is 0 Å². The molecular formula is C15H24N2O2Si. The molecular weight excluding hydrogens is 268 g/mol. The van der Waals surface area contributed by atoms with Gasteiger partial charge in [-0.05, 0) is 35.8 Å². The molecule has 0 saturated carbocycles. The van der Waals surface area contributed by atoms with E-state index in [9.17, 15) is 0 Å². The summed E-state index contributed by atoms with van der Waals surface area (Å²) in [7, 11) is -1.75. The van der Waals surface area contributed by atoms with Crippen LogP contribution in [0.5, 0.6) is 0 Å². The van der Waals surface area contributed by atoms with E-state index in [4.69, 9.17) is 9.53 Å². The number of nitrogens with one attached hydrogen (secondary N) is 1. The summed E-state index contributed by atoms with van der Waals surface area (Å²) in [4.78, 5) is 7.80. The van der Waals surface area contributed by atoms with Gasteiger partial charge in [0.05, 0.1) is 24.2 Å². The molecule has 0 saturated heterocycles. The van der Waals surface area contributed by atoms with Gasteiger partial charge in [0.1, 0.15) is 5.82 Å². The fourth-order valence-electron chi connectivity index (χ4n) is 1.74. The first-order valence-corrected chi connectivity index (χ1v) is 9.86. The molecule has 0 radical (unpaired) electrons. The first kappa shape index (κ1) is 15.2. The van der Waals surface area contributed by atoms with Crippen LogP contribution >= 0.6 is 0 Å². The Labute approximate surface area is 121 Å². The number of aromatic amines is 1. The Morgan fingerprint density at radius 2 is 2.00 bits per heavy atom. The molecule has 4 nitrogen and oxygen atoms in total. The van der Waals surface area contributed by atoms with E-state index in [0.717, 1.165) is 22.4 Å². The first-order chi connectivity index (χ1) is 9.23. The number of imidazole rings is 1. The number of rotatable bonds is 4. The molecule has 0 bridgehead atoms. The Morgan fingerprint density at radius 3 is 2.60 bits per heavy atom. The van der Waals surface area contributed by atoms with Crippen molar-refractivity contribution in [2.45, 2.75) is 52.1 Å². The molecule has 2 N–H and O–H groups in total. The van der Waals surface area contributed by atoms with Gasteiger partial charge in [-0.1, -0.05) is 26.8 Å². The molecule has 0 atom stereocenters. The molecule has 0 aliphatic carbocycles. The van der Waals surface area contributed by atoms with Crippen LogP contribution in [0.4, 0.5) is 0 Å². The molecule has 1 heterocycles. The highest BCUT2D eigenvalue weighted by atomic mass is 28.4. The smallest absolute Gasteiger partial charge is 0.192 e. The molecule has 0 aliphatic rings. The Bertz CT molecular complexity index is 599. The fraction of sp³-hybridized carbons (Fsp3) is 0.533. The van der Waals surface area contributed by atoms with Crippen molar-refractivity contribution in [2.24, 2.45) is 0 Å². The zero-order valence-electron chi connectivity index (χ0n) is 12.9. The molecule has 0 unspecified atom stereocenters. The molecule has 5 heteroatoms. The van der Waals surface area contributed by atoms with Crippen molar-refractivity contribution in [3.63, 3.8) is 0 Å². The van der Waals surface area contributed by atoms with E-state index in [0.29, 0.717) is 6.61 Å². The quantitative estimate of drug-likeness (QED) is 0.847. The second-order valence-corrected chi connectivity index (χ2v) is 11.6. The van der Waals surface area contributed by atoms with Gasteiger partial charge in [0, 0.05) is 0 Å². The number of aromatic nitrogens is 2. The molecule has 1 aromatic heterocycles. The predicted octanol–water partition coefficient (Wildman–Crippen LogP) is 3.58. The van der Waals surface area contributed by atoms with Crippen molar-refractivity contribution in [1.29, 1.82) is 0 Å². The summed E-state index contributed by atoms with van der Waals surface area (Å²) in [5.74, 6) is 0.847. The van der Waals surface area contributed by atoms with E-state index in [1.807, 2.05) is 18.2 Å². The minimum absolute atomic E-state index is 0.0464. The van der Waals surface area contributed by atoms with Gasteiger partial charge in [-0.15, -0.1) is 0 Å². The third-order valence-electron chi connectivity index (χ3n) is 4.15. The fourth-order valence-corrected chi connectivity index (χ4v) is 2.67. The number of benzene rings is 1. The van der Waals surface area contributed by atoms with Crippen molar-refractivity contribution in [3.05, 3.63) is 29.6 Å². The number of aliphatic hydroxyl groups is 1. The van der Waals surface area contributed by atoms with Crippen LogP contribution < -0.4 is 0 Å². The minimum Gasteiger partial charge on any atom is -0.409 e. The Morgan fingerprint density at radius 1 is 1.30 bits per heavy atom. The number of hydrogen-bond acceptors (Lipinski definition) is 3. The van der Waals surface area contributed by atoms with E-state index >= 15 is 0 Å². The Hall–Kier alpha value is -1.17. The van der Waals surface area contributed by atoms with Gasteiger partial charge < -0.3 is 14.5 Å². The maximum Gasteiger partial charge on any atom is 0.192 e. The first-order valence-electron chi connectivity index (χ1n) is 6.95. The Balaban J connectivity index is 2.15. The van der Waals surface area contributed by atoms with E-state index < -0.39 is 8.32 Å². The van der Waals surface area contributed by atoms with Crippen LogP contribution in [0, 0.1) is 0 Å². The van der Waals surface area contributed by atoms with Gasteiger partial charge in [-0.2, -0.15) is 0 Å². The molecule has 1 aromatic carbocycles. The van der Waals surface area contributed by atoms with Gasteiger partial charge >= 0.3 is 0 Å². The summed E-state index contributed by atoms with van der Waals surface area (Å²) in [6, 6.07) is 5.74. The number of hydrogen-bond donors (Lipinski definition) is 2. The number of H-pyrrole nitrogens is 1. The third kappa shape index (κ3) is 3.11. The highest BCUT2D eigenvalue weighted by Crippen LogP contribution is 2.36. The minimum atomic E-state index is -1.75. The molecule has 110 valence electrons. The molecule has 0 aliphatic heterocycles. The van der Waals surface area contributed by atoms with Gasteiger partial charge in [0.25, 0.3) is 0 Å². The number of aliphatic hydroxyl groups excluding tert-OH is 1. The van der Waals surface area contributed by atoms with Crippen LogP contribution in [0.25, 0.3) is 11.0 Å². The lowest BCUT2D eigenvalue weighted by Crippen LogP contribution is -2.40. The molecule has 0 spiro atoms. The lowest BCUT2D eigenvalue weighted by atomic mass is 10.2. The summed E-state index contributed by atoms with van der Waals surface area (Å²) in [6.07, 6.45) is 0. The van der Waals surface area contributed by atoms with E-state index in [-0.39, 0.29) is 11.6 Å². The standard InChI is InChI=1S/C15H24N2O2Si/c1-15(2,3)20(4,5)19-10-14-16-12-7-6-11(9-18)8-13(12)17-14/h6-8,18H,9-10H2,1-5H3,(H,16,17). The van der Waals surface area contributed by atoms with E-state index in [2.05, 4.69) is 43.8 Å². The van der Waals surface area contributed by atoms with Crippen molar-refractivity contribution >= 4 is 19.4 Å². The maximum absolute atomic E-state index is 9.15. The van der Waals surface area contributed by atoms with E-state index in [1.54, 1.807) is 0 Å². The topological polar surface area (TPSA) is 58.1 Å². The summed E-state index contributed by atoms with van der Waals surface area (Å²) in [6.45, 7) is 11.7. The van der Waals surface area contributed by atoms with Crippen molar-refractivity contribution in [3.8, 4) is 0 Å². The SMILES string of the molecule is CC(C)(C)[Si](C)(C)OCc1nc2ccc(CO)cc2[nH]1. The molecule has 2 aromatic rings. The van der Waals surface area contributed by atoms with Gasteiger partial charge in [-0.3, -0.25) is 0 Å². The zero-order chi connectivity index (χ0) is 15.0. The average molecular weight is 292 g/mol. The number of nitrogens with zero attached hydrogens (tertiary/aromatic N) is 1. The second-order valence-electron chi connectivity index (χ2n) is 6.74. The monoisotopic (exact) mass is 292 g/mol. The predicted molar refractivity (Wildman–Crippen MR) is 84.0 cm³/mol. The van der Waals surface area contributed by atoms with Crippen LogP contribution in [-0.2, 0) is 17.6 Å². The summed E-state index contributed by atoms with van der Waals surface area (Å²) >= 11 is 0. The third-order valence-corrected chi connectivity index (χ3v) is 8.63. The van der Waals surface area contributed by atoms with Crippen molar-refractivity contribution in [1.82, 2.24) is 9.97 Å². The molecule has 2 rings (SSSR count). The largest absolute Gasteiger partial charge is 0.409 e. The van der Waals surface area contributed by atoms with E-state index in [1.165, 1.54) is 0 Å². The normalized spacial score (nSPS) is 13.1. The van der Waals surface area contributed by atoms with Gasteiger partial charge in [0.15, 0.2) is 8.32 Å². The van der Waals surface area contributed by atoms with Gasteiger partial charge in [-0.25, -0.2) is 4.98 Å². The zero-order valence-corrected chi connectivity index (χ0v) is 13.9. The van der Waals surface area contributed by atoms with Crippen LogP contribution in [0.1, 0.15) is 32.2 Å². The van der Waals surface area contributed by atoms with Crippen molar-refractivity contribution < 1.29 is 9.53 Å². The average Bonchev–Trinajstić information content (AvgIpc) is 2.76. The van der Waals surface area contributed by atoms with Crippen LogP contribution in [0.2, 0.25) is 18.1 Å². The molecule has 20 heavy (non-hydrogen) atoms. The summed E-state index contributed by atoms with van der Waals surface area (Å²) < 4.78 is 6.16. The number of fused-ring (bicyclic) bond motifs is 1. The molecule has 0 fully saturated rings. The lowest BCUT2D eigenvalue weighted by molar-refractivity contribution is 0.269.